The highest BCUT2D eigenvalue weighted by atomic mass is 19.4. The standard InChI is InChI=1S/C29H33F6NO3/c30-28(31,32)20-5-9-23(10-6-20)39-25-12-4-18-14-17(3-11-24(18)26(25)29(33,34)35)2-1-13-36-21-7-8-22(36)16-19(15-21)27(37)38/h3-4,11-12,14,19-23H,1-2,5-10,13,15-16H2,(H,37,38). The third-order valence-electron chi connectivity index (χ3n) is 8.88. The average Bonchev–Trinajstić information content (AvgIpc) is 3.09. The zero-order valence-electron chi connectivity index (χ0n) is 21.5. The van der Waals surface area contributed by atoms with Gasteiger partial charge in [-0.15, -0.1) is 0 Å². The van der Waals surface area contributed by atoms with Crippen molar-refractivity contribution in [2.45, 2.75) is 94.7 Å². The second kappa shape index (κ2) is 10.8. The Hall–Kier alpha value is -2.49. The van der Waals surface area contributed by atoms with E-state index in [0.717, 1.165) is 31.4 Å². The zero-order chi connectivity index (χ0) is 27.9. The van der Waals surface area contributed by atoms with Crippen molar-refractivity contribution in [1.29, 1.82) is 0 Å². The van der Waals surface area contributed by atoms with Crippen LogP contribution in [0.1, 0.15) is 68.9 Å². The number of benzene rings is 2. The summed E-state index contributed by atoms with van der Waals surface area (Å²) in [7, 11) is 0. The van der Waals surface area contributed by atoms with Crippen LogP contribution in [0.4, 0.5) is 26.3 Å². The van der Waals surface area contributed by atoms with E-state index in [-0.39, 0.29) is 54.8 Å². The van der Waals surface area contributed by atoms with Crippen LogP contribution in [-0.2, 0) is 17.4 Å². The summed E-state index contributed by atoms with van der Waals surface area (Å²) in [5.74, 6) is -2.76. The molecule has 2 bridgehead atoms. The lowest BCUT2D eigenvalue weighted by molar-refractivity contribution is -0.185. The molecule has 0 aromatic heterocycles. The van der Waals surface area contributed by atoms with Gasteiger partial charge >= 0.3 is 18.3 Å². The van der Waals surface area contributed by atoms with Crippen molar-refractivity contribution in [2.24, 2.45) is 11.8 Å². The summed E-state index contributed by atoms with van der Waals surface area (Å²) < 4.78 is 87.0. The second-order valence-corrected chi connectivity index (χ2v) is 11.4. The first-order valence-electron chi connectivity index (χ1n) is 13.7. The van der Waals surface area contributed by atoms with Gasteiger partial charge in [0.15, 0.2) is 0 Å². The lowest BCUT2D eigenvalue weighted by Gasteiger charge is -2.37. The van der Waals surface area contributed by atoms with Crippen molar-refractivity contribution in [1.82, 2.24) is 4.90 Å². The predicted molar refractivity (Wildman–Crippen MR) is 134 cm³/mol. The van der Waals surface area contributed by atoms with Crippen LogP contribution < -0.4 is 4.74 Å². The summed E-state index contributed by atoms with van der Waals surface area (Å²) in [6.45, 7) is 0.830. The minimum Gasteiger partial charge on any atom is -0.490 e. The molecule has 2 atom stereocenters. The Morgan fingerprint density at radius 2 is 1.59 bits per heavy atom. The van der Waals surface area contributed by atoms with Gasteiger partial charge in [0, 0.05) is 12.1 Å². The fraction of sp³-hybridized carbons (Fsp3) is 0.621. The molecule has 2 unspecified atom stereocenters. The molecule has 5 rings (SSSR count). The van der Waals surface area contributed by atoms with E-state index < -0.39 is 35.9 Å². The summed E-state index contributed by atoms with van der Waals surface area (Å²) in [5, 5.41) is 9.83. The third kappa shape index (κ3) is 6.15. The largest absolute Gasteiger partial charge is 0.490 e. The Bertz CT molecular complexity index is 1170. The topological polar surface area (TPSA) is 49.8 Å². The van der Waals surface area contributed by atoms with Crippen LogP contribution in [0.25, 0.3) is 10.8 Å². The number of hydrogen-bond donors (Lipinski definition) is 1. The molecule has 1 N–H and O–H groups in total. The number of hydrogen-bond acceptors (Lipinski definition) is 3. The Morgan fingerprint density at radius 1 is 0.923 bits per heavy atom. The SMILES string of the molecule is O=C(O)C1CC2CCC(C1)N2CCCc1ccc2c(C(F)(F)F)c(OC3CCC(C(F)(F)F)CC3)ccc2c1. The number of aliphatic carboxylic acids is 1. The lowest BCUT2D eigenvalue weighted by atomic mass is 9.87. The van der Waals surface area contributed by atoms with Gasteiger partial charge in [-0.3, -0.25) is 9.69 Å². The molecule has 3 fully saturated rings. The summed E-state index contributed by atoms with van der Waals surface area (Å²) in [6.07, 6.45) is -4.93. The van der Waals surface area contributed by atoms with Gasteiger partial charge in [-0.25, -0.2) is 0 Å². The highest BCUT2D eigenvalue weighted by molar-refractivity contribution is 5.89. The summed E-state index contributed by atoms with van der Waals surface area (Å²) in [6, 6.07) is 8.37. The molecule has 1 aliphatic carbocycles. The van der Waals surface area contributed by atoms with Crippen LogP contribution in [-0.4, -0.2) is 46.9 Å². The molecule has 0 amide bonds. The molecular formula is C29H33F6NO3. The third-order valence-corrected chi connectivity index (χ3v) is 8.88. The van der Waals surface area contributed by atoms with Crippen LogP contribution in [0.5, 0.6) is 5.75 Å². The van der Waals surface area contributed by atoms with Crippen LogP contribution in [0, 0.1) is 11.8 Å². The number of piperidine rings is 1. The molecule has 3 aliphatic rings. The van der Waals surface area contributed by atoms with Crippen LogP contribution in [0.2, 0.25) is 0 Å². The fourth-order valence-electron chi connectivity index (χ4n) is 6.90. The Labute approximate surface area is 223 Å². The second-order valence-electron chi connectivity index (χ2n) is 11.4. The summed E-state index contributed by atoms with van der Waals surface area (Å²) in [5.41, 5.74) is 0.0323. The van der Waals surface area contributed by atoms with E-state index in [1.807, 2.05) is 0 Å². The smallest absolute Gasteiger partial charge is 0.420 e. The molecule has 2 aromatic rings. The molecule has 10 heteroatoms. The number of halogens is 6. The lowest BCUT2D eigenvalue weighted by Crippen LogP contribution is -2.45. The van der Waals surface area contributed by atoms with E-state index in [1.54, 1.807) is 18.2 Å². The van der Waals surface area contributed by atoms with E-state index in [9.17, 15) is 36.2 Å². The number of nitrogens with zero attached hydrogens (tertiary/aromatic N) is 1. The van der Waals surface area contributed by atoms with Crippen LogP contribution in [0.3, 0.4) is 0 Å². The van der Waals surface area contributed by atoms with Crippen LogP contribution >= 0.6 is 0 Å². The van der Waals surface area contributed by atoms with Gasteiger partial charge in [-0.2, -0.15) is 26.3 Å². The molecule has 2 saturated heterocycles. The summed E-state index contributed by atoms with van der Waals surface area (Å²) >= 11 is 0. The molecule has 4 nitrogen and oxygen atoms in total. The Kier molecular flexibility index (Phi) is 7.79. The molecule has 0 spiro atoms. The van der Waals surface area contributed by atoms with Gasteiger partial charge in [0.25, 0.3) is 0 Å². The normalized spacial score (nSPS) is 28.1. The van der Waals surface area contributed by atoms with Crippen molar-refractivity contribution in [3.8, 4) is 5.75 Å². The van der Waals surface area contributed by atoms with Gasteiger partial charge in [-0.1, -0.05) is 24.3 Å². The number of carbonyl (C=O) groups is 1. The van der Waals surface area contributed by atoms with E-state index in [1.165, 1.54) is 12.1 Å². The minimum absolute atomic E-state index is 0.0153. The number of rotatable bonds is 7. The van der Waals surface area contributed by atoms with Crippen molar-refractivity contribution >= 4 is 16.7 Å². The number of ether oxygens (including phenoxy) is 1. The van der Waals surface area contributed by atoms with E-state index in [0.29, 0.717) is 24.6 Å². The first-order valence-corrected chi connectivity index (χ1v) is 13.7. The van der Waals surface area contributed by atoms with E-state index in [2.05, 4.69) is 4.90 Å². The molecule has 2 aromatic carbocycles. The van der Waals surface area contributed by atoms with Gasteiger partial charge < -0.3 is 9.84 Å². The summed E-state index contributed by atoms with van der Waals surface area (Å²) in [4.78, 5) is 13.8. The first-order chi connectivity index (χ1) is 18.4. The number of aryl methyl sites for hydroxylation is 1. The maximum atomic E-state index is 14.1. The van der Waals surface area contributed by atoms with Crippen LogP contribution in [0.15, 0.2) is 30.3 Å². The van der Waals surface area contributed by atoms with Gasteiger partial charge in [0.05, 0.1) is 17.9 Å². The average molecular weight is 558 g/mol. The van der Waals surface area contributed by atoms with Gasteiger partial charge in [0.1, 0.15) is 11.3 Å². The molecule has 2 heterocycles. The molecule has 1 saturated carbocycles. The number of fused-ring (bicyclic) bond motifs is 3. The zero-order valence-corrected chi connectivity index (χ0v) is 21.5. The minimum atomic E-state index is -4.68. The molecular weight excluding hydrogens is 524 g/mol. The Balaban J connectivity index is 1.25. The quantitative estimate of drug-likeness (QED) is 0.356. The predicted octanol–water partition coefficient (Wildman–Crippen LogP) is 7.62. The maximum absolute atomic E-state index is 14.1. The molecule has 39 heavy (non-hydrogen) atoms. The number of alkyl halides is 6. The highest BCUT2D eigenvalue weighted by Crippen LogP contribution is 2.44. The van der Waals surface area contributed by atoms with Gasteiger partial charge in [0.2, 0.25) is 0 Å². The van der Waals surface area contributed by atoms with E-state index >= 15 is 0 Å². The number of carboxylic acid groups (broad SMARTS) is 1. The maximum Gasteiger partial charge on any atom is 0.420 e. The van der Waals surface area contributed by atoms with Crippen molar-refractivity contribution < 1.29 is 41.0 Å². The highest BCUT2D eigenvalue weighted by Gasteiger charge is 2.44. The molecule has 0 radical (unpaired) electrons. The van der Waals surface area contributed by atoms with Crippen molar-refractivity contribution in [3.63, 3.8) is 0 Å². The monoisotopic (exact) mass is 557 g/mol. The Morgan fingerprint density at radius 3 is 2.18 bits per heavy atom. The van der Waals surface area contributed by atoms with Crippen molar-refractivity contribution in [2.75, 3.05) is 6.54 Å². The van der Waals surface area contributed by atoms with Gasteiger partial charge in [-0.05, 0) is 93.2 Å². The van der Waals surface area contributed by atoms with E-state index in [4.69, 9.17) is 4.74 Å². The van der Waals surface area contributed by atoms with Crippen molar-refractivity contribution in [3.05, 3.63) is 41.5 Å². The fourth-order valence-corrected chi connectivity index (χ4v) is 6.90. The first kappa shape index (κ1) is 28.1. The number of carboxylic acids is 1. The molecule has 214 valence electrons. The molecule has 2 aliphatic heterocycles.